The number of nitrogens with zero attached hydrogens (tertiary/aromatic N) is 3. The van der Waals surface area contributed by atoms with Crippen LogP contribution in [0, 0.1) is 6.92 Å². The SMILES string of the molecule is CCc1nn2c(S(=O)(=O)Nc3ccc(OC)c(Cl)c3)c(C)nc2s1. The summed E-state index contributed by atoms with van der Waals surface area (Å²) in [6.07, 6.45) is 0.716. The zero-order chi connectivity index (χ0) is 17.5. The minimum absolute atomic E-state index is 0.0281. The Morgan fingerprint density at radius 2 is 2.17 bits per heavy atom. The van der Waals surface area contributed by atoms with E-state index in [2.05, 4.69) is 14.8 Å². The summed E-state index contributed by atoms with van der Waals surface area (Å²) in [4.78, 5) is 4.84. The van der Waals surface area contributed by atoms with Crippen molar-refractivity contribution in [3.05, 3.63) is 33.9 Å². The van der Waals surface area contributed by atoms with Crippen LogP contribution in [0.5, 0.6) is 5.75 Å². The van der Waals surface area contributed by atoms with Gasteiger partial charge in [-0.3, -0.25) is 4.72 Å². The van der Waals surface area contributed by atoms with Crippen molar-refractivity contribution in [3.8, 4) is 5.75 Å². The summed E-state index contributed by atoms with van der Waals surface area (Å²) in [5, 5.41) is 5.48. The van der Waals surface area contributed by atoms with Crippen LogP contribution in [0.25, 0.3) is 4.96 Å². The predicted octanol–water partition coefficient (Wildman–Crippen LogP) is 3.12. The van der Waals surface area contributed by atoms with Crippen LogP contribution in [-0.4, -0.2) is 30.1 Å². The molecule has 3 rings (SSSR count). The number of hydrogen-bond donors (Lipinski definition) is 1. The third kappa shape index (κ3) is 2.94. The molecule has 0 saturated heterocycles. The average Bonchev–Trinajstić information content (AvgIpc) is 3.02. The van der Waals surface area contributed by atoms with Gasteiger partial charge in [0.1, 0.15) is 10.8 Å². The van der Waals surface area contributed by atoms with E-state index >= 15 is 0 Å². The van der Waals surface area contributed by atoms with Crippen LogP contribution in [0.2, 0.25) is 5.02 Å². The molecule has 0 aliphatic heterocycles. The number of hydrogen-bond acceptors (Lipinski definition) is 6. The van der Waals surface area contributed by atoms with Crippen LogP contribution in [0.15, 0.2) is 23.2 Å². The van der Waals surface area contributed by atoms with E-state index in [4.69, 9.17) is 16.3 Å². The first-order chi connectivity index (χ1) is 11.4. The van der Waals surface area contributed by atoms with Crippen LogP contribution < -0.4 is 9.46 Å². The quantitative estimate of drug-likeness (QED) is 0.728. The molecule has 0 radical (unpaired) electrons. The van der Waals surface area contributed by atoms with Gasteiger partial charge in [0.15, 0.2) is 0 Å². The normalized spacial score (nSPS) is 11.8. The molecule has 7 nitrogen and oxygen atoms in total. The summed E-state index contributed by atoms with van der Waals surface area (Å²) in [5.74, 6) is 0.467. The number of benzene rings is 1. The molecule has 0 spiro atoms. The zero-order valence-electron chi connectivity index (χ0n) is 13.2. The molecule has 0 fully saturated rings. The van der Waals surface area contributed by atoms with Crippen molar-refractivity contribution in [2.75, 3.05) is 11.8 Å². The molecule has 128 valence electrons. The molecule has 24 heavy (non-hydrogen) atoms. The van der Waals surface area contributed by atoms with Gasteiger partial charge in [0.25, 0.3) is 10.0 Å². The number of rotatable bonds is 5. The first-order valence-corrected chi connectivity index (χ1v) is 9.75. The minimum Gasteiger partial charge on any atom is -0.495 e. The van der Waals surface area contributed by atoms with E-state index < -0.39 is 10.0 Å². The van der Waals surface area contributed by atoms with Gasteiger partial charge in [0, 0.05) is 0 Å². The molecule has 0 atom stereocenters. The average molecular weight is 387 g/mol. The number of aromatic nitrogens is 3. The maximum absolute atomic E-state index is 12.8. The lowest BCUT2D eigenvalue weighted by atomic mass is 10.3. The standard InChI is InChI=1S/C14H15ClN4O3S2/c1-4-12-17-19-13(8(2)16-14(19)23-12)24(20,21)18-9-5-6-11(22-3)10(15)7-9/h5-7,18H,4H2,1-3H3. The number of nitrogens with one attached hydrogen (secondary N) is 1. The summed E-state index contributed by atoms with van der Waals surface area (Å²) in [7, 11) is -2.37. The topological polar surface area (TPSA) is 85.6 Å². The lowest BCUT2D eigenvalue weighted by Crippen LogP contribution is -2.16. The molecule has 0 aliphatic rings. The van der Waals surface area contributed by atoms with Gasteiger partial charge < -0.3 is 4.74 Å². The first kappa shape index (κ1) is 17.0. The molecule has 0 amide bonds. The number of anilines is 1. The number of aryl methyl sites for hydroxylation is 2. The highest BCUT2D eigenvalue weighted by atomic mass is 35.5. The van der Waals surface area contributed by atoms with Crippen LogP contribution in [0.1, 0.15) is 17.6 Å². The fourth-order valence-corrected chi connectivity index (χ4v) is 4.77. The number of fused-ring (bicyclic) bond motifs is 1. The Labute approximate surface area is 148 Å². The van der Waals surface area contributed by atoms with E-state index in [0.717, 1.165) is 5.01 Å². The summed E-state index contributed by atoms with van der Waals surface area (Å²) in [6.45, 7) is 3.60. The van der Waals surface area contributed by atoms with Crippen molar-refractivity contribution >= 4 is 43.6 Å². The number of halogens is 1. The van der Waals surface area contributed by atoms with E-state index in [0.29, 0.717) is 33.5 Å². The Hall–Kier alpha value is -1.84. The Morgan fingerprint density at radius 3 is 2.79 bits per heavy atom. The second-order valence-electron chi connectivity index (χ2n) is 5.00. The summed E-state index contributed by atoms with van der Waals surface area (Å²) in [6, 6.07) is 4.66. The van der Waals surface area contributed by atoms with Crippen LogP contribution in [0.4, 0.5) is 5.69 Å². The van der Waals surface area contributed by atoms with Crippen molar-refractivity contribution in [1.82, 2.24) is 14.6 Å². The molecule has 0 aliphatic carbocycles. The molecule has 0 bridgehead atoms. The number of imidazole rings is 1. The van der Waals surface area contributed by atoms with E-state index in [1.807, 2.05) is 6.92 Å². The van der Waals surface area contributed by atoms with E-state index in [1.165, 1.54) is 29.0 Å². The lowest BCUT2D eigenvalue weighted by Gasteiger charge is -2.09. The van der Waals surface area contributed by atoms with Gasteiger partial charge in [-0.1, -0.05) is 29.9 Å². The van der Waals surface area contributed by atoms with Crippen LogP contribution in [-0.2, 0) is 16.4 Å². The Bertz CT molecular complexity index is 1010. The maximum Gasteiger partial charge on any atom is 0.281 e. The van der Waals surface area contributed by atoms with Crippen LogP contribution >= 0.6 is 22.9 Å². The molecule has 0 saturated carbocycles. The molecule has 2 heterocycles. The summed E-state index contributed by atoms with van der Waals surface area (Å²) >= 11 is 7.42. The van der Waals surface area contributed by atoms with Gasteiger partial charge in [0.05, 0.1) is 23.5 Å². The largest absolute Gasteiger partial charge is 0.495 e. The highest BCUT2D eigenvalue weighted by molar-refractivity contribution is 7.92. The molecule has 1 N–H and O–H groups in total. The monoisotopic (exact) mass is 386 g/mol. The fraction of sp³-hybridized carbons (Fsp3) is 0.286. The maximum atomic E-state index is 12.8. The fourth-order valence-electron chi connectivity index (χ4n) is 2.25. The van der Waals surface area contributed by atoms with Gasteiger partial charge in [-0.05, 0) is 31.5 Å². The predicted molar refractivity (Wildman–Crippen MR) is 93.8 cm³/mol. The highest BCUT2D eigenvalue weighted by Gasteiger charge is 2.26. The Kier molecular flexibility index (Phi) is 4.41. The van der Waals surface area contributed by atoms with Gasteiger partial charge in [-0.15, -0.1) is 0 Å². The van der Waals surface area contributed by atoms with Crippen molar-refractivity contribution in [2.45, 2.75) is 25.3 Å². The highest BCUT2D eigenvalue weighted by Crippen LogP contribution is 2.29. The third-order valence-electron chi connectivity index (χ3n) is 3.33. The van der Waals surface area contributed by atoms with Gasteiger partial charge in [0.2, 0.25) is 9.99 Å². The number of sulfonamides is 1. The molecule has 0 unspecified atom stereocenters. The van der Waals surface area contributed by atoms with E-state index in [9.17, 15) is 8.42 Å². The molecular formula is C14H15ClN4O3S2. The van der Waals surface area contributed by atoms with Crippen molar-refractivity contribution < 1.29 is 13.2 Å². The second kappa shape index (κ2) is 6.23. The molecule has 2 aromatic heterocycles. The van der Waals surface area contributed by atoms with Gasteiger partial charge in [-0.25, -0.2) is 4.98 Å². The zero-order valence-corrected chi connectivity index (χ0v) is 15.6. The minimum atomic E-state index is -3.86. The smallest absolute Gasteiger partial charge is 0.281 e. The molecule has 3 aromatic rings. The first-order valence-electron chi connectivity index (χ1n) is 7.07. The molecule has 1 aromatic carbocycles. The molecule has 10 heteroatoms. The van der Waals surface area contributed by atoms with E-state index in [-0.39, 0.29) is 5.03 Å². The summed E-state index contributed by atoms with van der Waals surface area (Å²) < 4.78 is 34.5. The van der Waals surface area contributed by atoms with E-state index in [1.54, 1.807) is 19.1 Å². The van der Waals surface area contributed by atoms with Gasteiger partial charge >= 0.3 is 0 Å². The number of methoxy groups -OCH3 is 1. The second-order valence-corrected chi connectivity index (χ2v) is 8.05. The lowest BCUT2D eigenvalue weighted by molar-refractivity contribution is 0.415. The Balaban J connectivity index is 2.03. The third-order valence-corrected chi connectivity index (χ3v) is 6.16. The molecular weight excluding hydrogens is 372 g/mol. The van der Waals surface area contributed by atoms with Crippen molar-refractivity contribution in [1.29, 1.82) is 0 Å². The van der Waals surface area contributed by atoms with Crippen LogP contribution in [0.3, 0.4) is 0 Å². The van der Waals surface area contributed by atoms with Crippen molar-refractivity contribution in [3.63, 3.8) is 0 Å². The summed E-state index contributed by atoms with van der Waals surface area (Å²) in [5.41, 5.74) is 0.726. The van der Waals surface area contributed by atoms with Gasteiger partial charge in [-0.2, -0.15) is 18.0 Å². The number of ether oxygens (including phenoxy) is 1. The Morgan fingerprint density at radius 1 is 1.42 bits per heavy atom. The van der Waals surface area contributed by atoms with Crippen molar-refractivity contribution in [2.24, 2.45) is 0 Å².